The number of aliphatic hydroxyl groups is 1. The molecule has 0 aliphatic heterocycles. The van der Waals surface area contributed by atoms with E-state index in [0.29, 0.717) is 17.4 Å². The van der Waals surface area contributed by atoms with E-state index >= 15 is 0 Å². The van der Waals surface area contributed by atoms with Crippen molar-refractivity contribution in [2.24, 2.45) is 5.92 Å². The summed E-state index contributed by atoms with van der Waals surface area (Å²) in [6, 6.07) is 3.55. The lowest BCUT2D eigenvalue weighted by atomic mass is 9.84. The van der Waals surface area contributed by atoms with Crippen LogP contribution in [0.5, 0.6) is 0 Å². The molecule has 5 nitrogen and oxygen atoms in total. The summed E-state index contributed by atoms with van der Waals surface area (Å²) in [5.74, 6) is 0.151. The first kappa shape index (κ1) is 22.3. The van der Waals surface area contributed by atoms with Crippen molar-refractivity contribution < 1.29 is 22.7 Å². The molecule has 4 rings (SSSR count). The lowest BCUT2D eigenvalue weighted by Crippen LogP contribution is -2.20. The maximum Gasteiger partial charge on any atom is 0.218 e. The third-order valence-electron chi connectivity index (χ3n) is 6.91. The van der Waals surface area contributed by atoms with Crippen LogP contribution in [0.4, 0.5) is 0 Å². The quantitative estimate of drug-likeness (QED) is 0.652. The highest BCUT2D eigenvalue weighted by molar-refractivity contribution is 7.92. The SMILES string of the molecule is Cc1cc([C@@H](C)C2CC2)c(CC(=O)CS(=O)(=O)c2cc(C(C)(C)O)co2)c2c1CCC2. The number of Topliss-reactive ketones (excluding diaryl/α,β-unsaturated/α-hetero) is 1. The average Bonchev–Trinajstić information content (AvgIpc) is 3.17. The normalized spacial score (nSPS) is 17.6. The Morgan fingerprint density at radius 1 is 1.23 bits per heavy atom. The van der Waals surface area contributed by atoms with Crippen molar-refractivity contribution >= 4 is 15.6 Å². The summed E-state index contributed by atoms with van der Waals surface area (Å²) in [5, 5.41) is 9.80. The first-order valence-electron chi connectivity index (χ1n) is 11.2. The molecule has 0 unspecified atom stereocenters. The molecule has 31 heavy (non-hydrogen) atoms. The van der Waals surface area contributed by atoms with Gasteiger partial charge in [0.2, 0.25) is 14.9 Å². The summed E-state index contributed by atoms with van der Waals surface area (Å²) >= 11 is 0. The van der Waals surface area contributed by atoms with Crippen molar-refractivity contribution in [2.45, 2.75) is 82.8 Å². The van der Waals surface area contributed by atoms with Crippen LogP contribution in [0.1, 0.15) is 79.3 Å². The number of hydrogen-bond acceptors (Lipinski definition) is 5. The van der Waals surface area contributed by atoms with Crippen molar-refractivity contribution in [2.75, 3.05) is 5.75 Å². The first-order chi connectivity index (χ1) is 14.5. The van der Waals surface area contributed by atoms with Gasteiger partial charge >= 0.3 is 0 Å². The molecule has 1 fully saturated rings. The minimum atomic E-state index is -3.91. The molecule has 168 valence electrons. The van der Waals surface area contributed by atoms with Crippen molar-refractivity contribution in [1.29, 1.82) is 0 Å². The van der Waals surface area contributed by atoms with Gasteiger partial charge in [-0.2, -0.15) is 0 Å². The van der Waals surface area contributed by atoms with Crippen LogP contribution in [-0.4, -0.2) is 25.1 Å². The Morgan fingerprint density at radius 2 is 1.90 bits per heavy atom. The largest absolute Gasteiger partial charge is 0.453 e. The van der Waals surface area contributed by atoms with Crippen LogP contribution < -0.4 is 0 Å². The van der Waals surface area contributed by atoms with Crippen LogP contribution in [0.2, 0.25) is 0 Å². The number of hydrogen-bond donors (Lipinski definition) is 1. The Labute approximate surface area is 184 Å². The molecule has 1 N–H and O–H groups in total. The van der Waals surface area contributed by atoms with Gasteiger partial charge in [-0.25, -0.2) is 8.42 Å². The number of rotatable bonds is 8. The molecule has 2 aliphatic rings. The summed E-state index contributed by atoms with van der Waals surface area (Å²) in [7, 11) is -3.91. The second-order valence-corrected chi connectivity index (χ2v) is 11.8. The topological polar surface area (TPSA) is 84.6 Å². The van der Waals surface area contributed by atoms with Gasteiger partial charge in [0.05, 0.1) is 11.9 Å². The molecule has 2 aliphatic carbocycles. The summed E-state index contributed by atoms with van der Waals surface area (Å²) in [4.78, 5) is 13.0. The smallest absolute Gasteiger partial charge is 0.218 e. The van der Waals surface area contributed by atoms with Gasteiger partial charge in [-0.05, 0) is 92.5 Å². The van der Waals surface area contributed by atoms with E-state index in [4.69, 9.17) is 4.42 Å². The van der Waals surface area contributed by atoms with E-state index in [1.54, 1.807) is 13.8 Å². The van der Waals surface area contributed by atoms with E-state index in [-0.39, 0.29) is 17.3 Å². The van der Waals surface area contributed by atoms with E-state index in [0.717, 1.165) is 24.8 Å². The molecule has 0 saturated heterocycles. The molecule has 6 heteroatoms. The van der Waals surface area contributed by atoms with Crippen molar-refractivity contribution in [1.82, 2.24) is 0 Å². The van der Waals surface area contributed by atoms with E-state index in [1.807, 2.05) is 0 Å². The molecule has 1 aromatic heterocycles. The second kappa shape index (κ2) is 7.89. The average molecular weight is 445 g/mol. The predicted octanol–water partition coefficient (Wildman–Crippen LogP) is 4.40. The van der Waals surface area contributed by atoms with Gasteiger partial charge in [-0.1, -0.05) is 13.0 Å². The standard InChI is InChI=1S/C25H32O5S/c1-15-10-22(16(2)17-8-9-17)23(21-7-5-6-20(15)21)12-19(26)14-31(28,29)24-11-18(13-30-24)25(3,4)27/h10-11,13,16-17,27H,5-9,12,14H2,1-4H3/t16-/m0/s1. The number of aryl methyl sites for hydroxylation is 1. The summed E-state index contributed by atoms with van der Waals surface area (Å²) < 4.78 is 30.8. The van der Waals surface area contributed by atoms with Crippen LogP contribution in [-0.2, 0) is 39.5 Å². The Balaban J connectivity index is 1.60. The van der Waals surface area contributed by atoms with Gasteiger partial charge in [-0.3, -0.25) is 4.79 Å². The number of carbonyl (C=O) groups is 1. The Kier molecular flexibility index (Phi) is 5.67. The van der Waals surface area contributed by atoms with Crippen LogP contribution >= 0.6 is 0 Å². The van der Waals surface area contributed by atoms with Gasteiger partial charge in [0, 0.05) is 18.1 Å². The highest BCUT2D eigenvalue weighted by Crippen LogP contribution is 2.45. The number of sulfone groups is 1. The van der Waals surface area contributed by atoms with Gasteiger partial charge < -0.3 is 9.52 Å². The second-order valence-electron chi connectivity index (χ2n) is 9.89. The lowest BCUT2D eigenvalue weighted by molar-refractivity contribution is -0.116. The number of furan rings is 1. The zero-order valence-corrected chi connectivity index (χ0v) is 19.6. The van der Waals surface area contributed by atoms with Crippen molar-refractivity contribution in [3.05, 3.63) is 51.8 Å². The lowest BCUT2D eigenvalue weighted by Gasteiger charge is -2.21. The number of fused-ring (bicyclic) bond motifs is 1. The van der Waals surface area contributed by atoms with Gasteiger partial charge in [-0.15, -0.1) is 0 Å². The third kappa shape index (κ3) is 4.51. The van der Waals surface area contributed by atoms with Gasteiger partial charge in [0.25, 0.3) is 0 Å². The van der Waals surface area contributed by atoms with Crippen molar-refractivity contribution in [3.8, 4) is 0 Å². The highest BCUT2D eigenvalue weighted by Gasteiger charge is 2.33. The molecule has 1 heterocycles. The summed E-state index contributed by atoms with van der Waals surface area (Å²) in [5.41, 5.74) is 5.37. The van der Waals surface area contributed by atoms with Crippen LogP contribution in [0.15, 0.2) is 27.9 Å². The molecule has 1 saturated carbocycles. The zero-order valence-electron chi connectivity index (χ0n) is 18.8. The fourth-order valence-electron chi connectivity index (χ4n) is 4.89. The van der Waals surface area contributed by atoms with E-state index in [2.05, 4.69) is 19.9 Å². The fraction of sp³-hybridized carbons (Fsp3) is 0.560. The maximum atomic E-state index is 13.0. The molecule has 0 amide bonds. The Morgan fingerprint density at radius 3 is 2.52 bits per heavy atom. The van der Waals surface area contributed by atoms with Crippen LogP contribution in [0.25, 0.3) is 0 Å². The number of carbonyl (C=O) groups excluding carboxylic acids is 1. The molecule has 0 bridgehead atoms. The van der Waals surface area contributed by atoms with Crippen LogP contribution in [0, 0.1) is 12.8 Å². The molecule has 2 aromatic rings. The third-order valence-corrected chi connectivity index (χ3v) is 8.44. The number of ketones is 1. The number of benzene rings is 1. The summed E-state index contributed by atoms with van der Waals surface area (Å²) in [6.07, 6.45) is 6.91. The minimum absolute atomic E-state index is 0.146. The molecule has 0 radical (unpaired) electrons. The predicted molar refractivity (Wildman–Crippen MR) is 119 cm³/mol. The highest BCUT2D eigenvalue weighted by atomic mass is 32.2. The Hall–Kier alpha value is -1.92. The molecule has 0 spiro atoms. The van der Waals surface area contributed by atoms with Crippen LogP contribution in [0.3, 0.4) is 0 Å². The zero-order chi connectivity index (χ0) is 22.6. The van der Waals surface area contributed by atoms with E-state index in [9.17, 15) is 18.3 Å². The van der Waals surface area contributed by atoms with Crippen molar-refractivity contribution in [3.63, 3.8) is 0 Å². The van der Waals surface area contributed by atoms with Gasteiger partial charge in [0.15, 0.2) is 5.78 Å². The van der Waals surface area contributed by atoms with E-state index < -0.39 is 21.2 Å². The Bertz CT molecular complexity index is 1110. The van der Waals surface area contributed by atoms with Gasteiger partial charge in [0.1, 0.15) is 5.75 Å². The fourth-order valence-corrected chi connectivity index (χ4v) is 6.06. The molecule has 1 aromatic carbocycles. The maximum absolute atomic E-state index is 13.0. The monoisotopic (exact) mass is 444 g/mol. The molecular formula is C25H32O5S. The van der Waals surface area contributed by atoms with E-state index in [1.165, 1.54) is 47.4 Å². The summed E-state index contributed by atoms with van der Waals surface area (Å²) in [6.45, 7) is 7.50. The minimum Gasteiger partial charge on any atom is -0.453 e. The molecule has 1 atom stereocenters. The first-order valence-corrected chi connectivity index (χ1v) is 12.8. The molecular weight excluding hydrogens is 412 g/mol.